The number of hydrogen-bond acceptors (Lipinski definition) is 6. The van der Waals surface area contributed by atoms with Crippen molar-refractivity contribution in [1.82, 2.24) is 14.5 Å². The van der Waals surface area contributed by atoms with Gasteiger partial charge in [-0.3, -0.25) is 4.79 Å². The Labute approximate surface area is 177 Å². The van der Waals surface area contributed by atoms with Gasteiger partial charge in [-0.2, -0.15) is 0 Å². The number of halogens is 2. The summed E-state index contributed by atoms with van der Waals surface area (Å²) in [6, 6.07) is 8.31. The zero-order chi connectivity index (χ0) is 21.1. The average molecular weight is 431 g/mol. The lowest BCUT2D eigenvalue weighted by Crippen LogP contribution is -2.27. The number of benzene rings is 1. The molecule has 0 saturated carbocycles. The van der Waals surface area contributed by atoms with E-state index in [1.807, 2.05) is 0 Å². The van der Waals surface area contributed by atoms with E-state index in [0.29, 0.717) is 29.4 Å². The van der Waals surface area contributed by atoms with Crippen molar-refractivity contribution in [3.05, 3.63) is 75.5 Å². The molecule has 30 heavy (non-hydrogen) atoms. The molecule has 1 aliphatic rings. The summed E-state index contributed by atoms with van der Waals surface area (Å²) in [5.41, 5.74) is 1.27. The molecular weight excluding hydrogens is 411 g/mol. The normalized spacial score (nSPS) is 17.1. The fourth-order valence-corrected chi connectivity index (χ4v) is 3.52. The number of pyridine rings is 1. The topological polar surface area (TPSA) is 89.3 Å². The number of hydrogen-bond donors (Lipinski definition) is 2. The van der Waals surface area contributed by atoms with Gasteiger partial charge < -0.3 is 19.7 Å². The molecule has 2 N–H and O–H groups in total. The second kappa shape index (κ2) is 8.91. The van der Waals surface area contributed by atoms with Crippen LogP contribution in [0.4, 0.5) is 10.3 Å². The monoisotopic (exact) mass is 430 g/mol. The fourth-order valence-electron chi connectivity index (χ4n) is 3.40. The summed E-state index contributed by atoms with van der Waals surface area (Å²) < 4.78 is 20.7. The van der Waals surface area contributed by atoms with Crippen molar-refractivity contribution in [2.75, 3.05) is 18.5 Å². The Kier molecular flexibility index (Phi) is 6.08. The SMILES string of the molecule is O=c1cc(-c2ccnc(NC3CCCO3)n2)ccn1[C@H](CO)c1ccc(Cl)c(F)c1. The molecule has 0 bridgehead atoms. The number of nitrogens with zero attached hydrogens (tertiary/aromatic N) is 3. The molecule has 1 aliphatic heterocycles. The maximum atomic E-state index is 13.8. The quantitative estimate of drug-likeness (QED) is 0.624. The summed E-state index contributed by atoms with van der Waals surface area (Å²) in [5, 5.41) is 12.9. The molecule has 3 aromatic rings. The van der Waals surface area contributed by atoms with Crippen LogP contribution in [0.2, 0.25) is 5.02 Å². The Morgan fingerprint density at radius 1 is 1.33 bits per heavy atom. The summed E-state index contributed by atoms with van der Waals surface area (Å²) in [6.07, 6.45) is 4.92. The van der Waals surface area contributed by atoms with Crippen molar-refractivity contribution in [3.63, 3.8) is 0 Å². The Morgan fingerprint density at radius 2 is 2.20 bits per heavy atom. The number of nitrogens with one attached hydrogen (secondary N) is 1. The van der Waals surface area contributed by atoms with Gasteiger partial charge in [0.1, 0.15) is 12.0 Å². The Hall–Kier alpha value is -2.81. The van der Waals surface area contributed by atoms with E-state index in [9.17, 15) is 14.3 Å². The second-order valence-electron chi connectivity index (χ2n) is 6.94. The maximum Gasteiger partial charge on any atom is 0.251 e. The highest BCUT2D eigenvalue weighted by atomic mass is 35.5. The van der Waals surface area contributed by atoms with Crippen LogP contribution in [-0.4, -0.2) is 39.1 Å². The second-order valence-corrected chi connectivity index (χ2v) is 7.35. The summed E-state index contributed by atoms with van der Waals surface area (Å²) in [4.78, 5) is 21.4. The van der Waals surface area contributed by atoms with E-state index < -0.39 is 11.9 Å². The van der Waals surface area contributed by atoms with Crippen molar-refractivity contribution in [2.45, 2.75) is 25.1 Å². The maximum absolute atomic E-state index is 13.8. The van der Waals surface area contributed by atoms with Crippen molar-refractivity contribution in [1.29, 1.82) is 0 Å². The van der Waals surface area contributed by atoms with Crippen molar-refractivity contribution in [2.24, 2.45) is 0 Å². The lowest BCUT2D eigenvalue weighted by atomic mass is 10.1. The Morgan fingerprint density at radius 3 is 2.90 bits per heavy atom. The number of aliphatic hydroxyl groups excluding tert-OH is 1. The van der Waals surface area contributed by atoms with Gasteiger partial charge in [0.2, 0.25) is 5.95 Å². The average Bonchev–Trinajstić information content (AvgIpc) is 3.25. The summed E-state index contributed by atoms with van der Waals surface area (Å²) in [7, 11) is 0. The van der Waals surface area contributed by atoms with E-state index in [-0.39, 0.29) is 23.4 Å². The first kappa shape index (κ1) is 20.5. The van der Waals surface area contributed by atoms with Crippen LogP contribution in [0.3, 0.4) is 0 Å². The molecule has 1 fully saturated rings. The van der Waals surface area contributed by atoms with Gasteiger partial charge in [-0.15, -0.1) is 0 Å². The minimum atomic E-state index is -0.736. The molecule has 2 aromatic heterocycles. The van der Waals surface area contributed by atoms with Gasteiger partial charge >= 0.3 is 0 Å². The number of rotatable bonds is 6. The lowest BCUT2D eigenvalue weighted by Gasteiger charge is -2.19. The van der Waals surface area contributed by atoms with E-state index in [0.717, 1.165) is 12.8 Å². The molecule has 0 spiro atoms. The molecule has 0 amide bonds. The van der Waals surface area contributed by atoms with Crippen LogP contribution in [0.25, 0.3) is 11.3 Å². The van der Waals surface area contributed by atoms with Gasteiger partial charge in [-0.25, -0.2) is 14.4 Å². The smallest absolute Gasteiger partial charge is 0.251 e. The van der Waals surface area contributed by atoms with Crippen molar-refractivity contribution in [3.8, 4) is 11.3 Å². The molecule has 0 radical (unpaired) electrons. The van der Waals surface area contributed by atoms with E-state index in [1.54, 1.807) is 30.6 Å². The molecule has 7 nitrogen and oxygen atoms in total. The highest BCUT2D eigenvalue weighted by Crippen LogP contribution is 2.23. The van der Waals surface area contributed by atoms with E-state index in [2.05, 4.69) is 15.3 Å². The first-order chi connectivity index (χ1) is 14.5. The molecule has 0 aliphatic carbocycles. The van der Waals surface area contributed by atoms with Gasteiger partial charge in [-0.05, 0) is 42.7 Å². The van der Waals surface area contributed by atoms with E-state index in [1.165, 1.54) is 22.8 Å². The molecule has 2 atom stereocenters. The molecule has 156 valence electrons. The highest BCUT2D eigenvalue weighted by molar-refractivity contribution is 6.30. The molecule has 3 heterocycles. The fraction of sp³-hybridized carbons (Fsp3) is 0.286. The van der Waals surface area contributed by atoms with Gasteiger partial charge in [0.15, 0.2) is 0 Å². The van der Waals surface area contributed by atoms with Gasteiger partial charge in [-0.1, -0.05) is 17.7 Å². The van der Waals surface area contributed by atoms with Crippen LogP contribution in [0.5, 0.6) is 0 Å². The molecule has 1 aromatic carbocycles. The predicted octanol–water partition coefficient (Wildman–Crippen LogP) is 3.23. The van der Waals surface area contributed by atoms with Crippen molar-refractivity contribution < 1.29 is 14.2 Å². The standard InChI is InChI=1S/C21H20ClFN4O3/c22-15-4-3-14(10-16(15)23)18(12-28)27-8-6-13(11-20(27)29)17-5-7-24-21(25-17)26-19-2-1-9-30-19/h3-8,10-11,18-19,28H,1-2,9,12H2,(H,24,25,26)/t18-,19?/m1/s1. The first-order valence-electron chi connectivity index (χ1n) is 9.54. The molecule has 9 heteroatoms. The minimum absolute atomic E-state index is 0.0192. The zero-order valence-corrected chi connectivity index (χ0v) is 16.7. The third-order valence-corrected chi connectivity index (χ3v) is 5.26. The lowest BCUT2D eigenvalue weighted by molar-refractivity contribution is 0.131. The predicted molar refractivity (Wildman–Crippen MR) is 111 cm³/mol. The number of anilines is 1. The number of aliphatic hydroxyl groups is 1. The molecule has 1 saturated heterocycles. The van der Waals surface area contributed by atoms with Crippen LogP contribution in [0.1, 0.15) is 24.4 Å². The summed E-state index contributed by atoms with van der Waals surface area (Å²) in [5.74, 6) is -0.182. The van der Waals surface area contributed by atoms with E-state index in [4.69, 9.17) is 16.3 Å². The van der Waals surface area contributed by atoms with Crippen LogP contribution < -0.4 is 10.9 Å². The molecule has 4 rings (SSSR count). The van der Waals surface area contributed by atoms with Crippen molar-refractivity contribution >= 4 is 17.5 Å². The third-order valence-electron chi connectivity index (χ3n) is 4.96. The number of aromatic nitrogens is 3. The van der Waals surface area contributed by atoms with Gasteiger partial charge in [0, 0.05) is 30.6 Å². The largest absolute Gasteiger partial charge is 0.394 e. The summed E-state index contributed by atoms with van der Waals surface area (Å²) in [6.45, 7) is 0.336. The molecular formula is C21H20ClFN4O3. The summed E-state index contributed by atoms with van der Waals surface area (Å²) >= 11 is 5.73. The first-order valence-corrected chi connectivity index (χ1v) is 9.92. The van der Waals surface area contributed by atoms with Crippen LogP contribution in [0, 0.1) is 5.82 Å². The van der Waals surface area contributed by atoms with Gasteiger partial charge in [0.05, 0.1) is 23.4 Å². The van der Waals surface area contributed by atoms with Gasteiger partial charge in [0.25, 0.3) is 5.56 Å². The van der Waals surface area contributed by atoms with Crippen LogP contribution in [-0.2, 0) is 4.74 Å². The molecule has 1 unspecified atom stereocenters. The third kappa shape index (κ3) is 4.35. The zero-order valence-electron chi connectivity index (χ0n) is 16.0. The minimum Gasteiger partial charge on any atom is -0.394 e. The van der Waals surface area contributed by atoms with Crippen LogP contribution >= 0.6 is 11.6 Å². The van der Waals surface area contributed by atoms with E-state index >= 15 is 0 Å². The van der Waals surface area contributed by atoms with Crippen LogP contribution in [0.15, 0.2) is 53.6 Å². The number of ether oxygens (including phenoxy) is 1. The Bertz CT molecular complexity index is 1100. The Balaban J connectivity index is 1.61. The highest BCUT2D eigenvalue weighted by Gasteiger charge is 2.18.